The molecule has 1 N–H and O–H groups in total. The number of sulfonamides is 1. The zero-order valence-electron chi connectivity index (χ0n) is 14.8. The lowest BCUT2D eigenvalue weighted by molar-refractivity contribution is 0.102. The predicted molar refractivity (Wildman–Crippen MR) is 108 cm³/mol. The van der Waals surface area contributed by atoms with E-state index in [0.29, 0.717) is 39.9 Å². The molecule has 1 aliphatic rings. The van der Waals surface area contributed by atoms with Crippen LogP contribution in [-0.4, -0.2) is 31.7 Å². The summed E-state index contributed by atoms with van der Waals surface area (Å²) in [4.78, 5) is 12.8. The first kappa shape index (κ1) is 20.1. The largest absolute Gasteiger partial charge is 0.321 e. The summed E-state index contributed by atoms with van der Waals surface area (Å²) in [5, 5.41) is 3.49. The van der Waals surface area contributed by atoms with Gasteiger partial charge in [0.25, 0.3) is 5.91 Å². The van der Waals surface area contributed by atoms with Crippen LogP contribution in [0.2, 0.25) is 10.0 Å². The first-order valence-corrected chi connectivity index (χ1v) is 10.9. The smallest absolute Gasteiger partial charge is 0.256 e. The number of carbonyl (C=O) groups is 1. The summed E-state index contributed by atoms with van der Waals surface area (Å²) in [5.41, 5.74) is 1.38. The molecule has 0 spiro atoms. The SMILES string of the molecule is Cc1ccc(S(=O)(=O)N2CCCCC2)cc1C(=O)Nc1ccc(Cl)cc1Cl. The third kappa shape index (κ3) is 4.46. The first-order valence-electron chi connectivity index (χ1n) is 8.66. The lowest BCUT2D eigenvalue weighted by Crippen LogP contribution is -2.35. The molecule has 0 bridgehead atoms. The molecule has 27 heavy (non-hydrogen) atoms. The molecule has 8 heteroatoms. The second kappa shape index (κ2) is 8.19. The van der Waals surface area contributed by atoms with Crippen LogP contribution in [-0.2, 0) is 10.0 Å². The Morgan fingerprint density at radius 1 is 1.04 bits per heavy atom. The number of benzene rings is 2. The number of amides is 1. The van der Waals surface area contributed by atoms with Crippen LogP contribution in [0.4, 0.5) is 5.69 Å². The van der Waals surface area contributed by atoms with Crippen molar-refractivity contribution in [1.82, 2.24) is 4.31 Å². The minimum Gasteiger partial charge on any atom is -0.321 e. The van der Waals surface area contributed by atoms with Gasteiger partial charge in [-0.2, -0.15) is 4.31 Å². The van der Waals surface area contributed by atoms with Gasteiger partial charge >= 0.3 is 0 Å². The van der Waals surface area contributed by atoms with Crippen molar-refractivity contribution in [2.75, 3.05) is 18.4 Å². The fourth-order valence-electron chi connectivity index (χ4n) is 3.04. The van der Waals surface area contributed by atoms with E-state index < -0.39 is 15.9 Å². The van der Waals surface area contributed by atoms with Crippen LogP contribution in [0.5, 0.6) is 0 Å². The Labute approximate surface area is 169 Å². The lowest BCUT2D eigenvalue weighted by atomic mass is 10.1. The number of nitrogens with zero attached hydrogens (tertiary/aromatic N) is 1. The summed E-state index contributed by atoms with van der Waals surface area (Å²) in [6, 6.07) is 9.38. The maximum atomic E-state index is 12.9. The van der Waals surface area contributed by atoms with Gasteiger partial charge in [0.2, 0.25) is 10.0 Å². The highest BCUT2D eigenvalue weighted by Crippen LogP contribution is 2.27. The molecule has 0 aromatic heterocycles. The quantitative estimate of drug-likeness (QED) is 0.767. The van der Waals surface area contributed by atoms with Gasteiger partial charge in [-0.15, -0.1) is 0 Å². The van der Waals surface area contributed by atoms with E-state index in [1.54, 1.807) is 31.2 Å². The van der Waals surface area contributed by atoms with Crippen molar-refractivity contribution in [3.05, 3.63) is 57.6 Å². The number of nitrogens with one attached hydrogen (secondary N) is 1. The highest BCUT2D eigenvalue weighted by molar-refractivity contribution is 7.89. The van der Waals surface area contributed by atoms with E-state index in [0.717, 1.165) is 19.3 Å². The topological polar surface area (TPSA) is 66.5 Å². The Balaban J connectivity index is 1.89. The van der Waals surface area contributed by atoms with Crippen molar-refractivity contribution < 1.29 is 13.2 Å². The number of rotatable bonds is 4. The number of anilines is 1. The van der Waals surface area contributed by atoms with Crippen molar-refractivity contribution in [2.45, 2.75) is 31.1 Å². The van der Waals surface area contributed by atoms with E-state index in [9.17, 15) is 13.2 Å². The van der Waals surface area contributed by atoms with Gasteiger partial charge in [0.05, 0.1) is 15.6 Å². The van der Waals surface area contributed by atoms with Gasteiger partial charge in [-0.05, 0) is 55.7 Å². The number of aryl methyl sites for hydroxylation is 1. The summed E-state index contributed by atoms with van der Waals surface area (Å²) in [5.74, 6) is -0.424. The number of carbonyl (C=O) groups excluding carboxylic acids is 1. The molecule has 1 amide bonds. The number of hydrogen-bond acceptors (Lipinski definition) is 3. The molecule has 2 aromatic carbocycles. The van der Waals surface area contributed by atoms with Crippen LogP contribution >= 0.6 is 23.2 Å². The van der Waals surface area contributed by atoms with Gasteiger partial charge in [-0.25, -0.2) is 8.42 Å². The molecule has 3 rings (SSSR count). The van der Waals surface area contributed by atoms with Crippen LogP contribution in [0, 0.1) is 6.92 Å². The van der Waals surface area contributed by atoms with E-state index >= 15 is 0 Å². The molecule has 2 aromatic rings. The van der Waals surface area contributed by atoms with Crippen LogP contribution in [0.15, 0.2) is 41.3 Å². The van der Waals surface area contributed by atoms with Crippen molar-refractivity contribution in [3.63, 3.8) is 0 Å². The van der Waals surface area contributed by atoms with Crippen molar-refractivity contribution in [2.24, 2.45) is 0 Å². The van der Waals surface area contributed by atoms with Crippen molar-refractivity contribution in [3.8, 4) is 0 Å². The lowest BCUT2D eigenvalue weighted by Gasteiger charge is -2.26. The second-order valence-corrected chi connectivity index (χ2v) is 9.30. The summed E-state index contributed by atoms with van der Waals surface area (Å²) < 4.78 is 27.2. The Hall–Kier alpha value is -1.60. The molecule has 1 fully saturated rings. The standard InChI is InChI=1S/C19H20Cl2N2O3S/c1-13-5-7-15(27(25,26)23-9-3-2-4-10-23)12-16(13)19(24)22-18-8-6-14(20)11-17(18)21/h5-8,11-12H,2-4,9-10H2,1H3,(H,22,24). The summed E-state index contributed by atoms with van der Waals surface area (Å²) >= 11 is 12.0. The maximum absolute atomic E-state index is 12.9. The normalized spacial score (nSPS) is 15.5. The van der Waals surface area contributed by atoms with Gasteiger partial charge in [-0.1, -0.05) is 35.7 Å². The van der Waals surface area contributed by atoms with Crippen LogP contribution in [0.25, 0.3) is 0 Å². The molecule has 0 radical (unpaired) electrons. The summed E-state index contributed by atoms with van der Waals surface area (Å²) in [6.07, 6.45) is 2.75. The van der Waals surface area contributed by atoms with Gasteiger partial charge in [0, 0.05) is 23.7 Å². The predicted octanol–water partition coefficient (Wildman–Crippen LogP) is 4.73. The molecule has 1 saturated heterocycles. The fraction of sp³-hybridized carbons (Fsp3) is 0.316. The Morgan fingerprint density at radius 2 is 1.74 bits per heavy atom. The number of piperidine rings is 1. The molecule has 1 aliphatic heterocycles. The molecular formula is C19H20Cl2N2O3S. The van der Waals surface area contributed by atoms with E-state index in [4.69, 9.17) is 23.2 Å². The zero-order valence-corrected chi connectivity index (χ0v) is 17.2. The molecule has 5 nitrogen and oxygen atoms in total. The monoisotopic (exact) mass is 426 g/mol. The van der Waals surface area contributed by atoms with Gasteiger partial charge in [0.1, 0.15) is 0 Å². The third-order valence-electron chi connectivity index (χ3n) is 4.59. The van der Waals surface area contributed by atoms with E-state index in [1.165, 1.54) is 16.4 Å². The van der Waals surface area contributed by atoms with Gasteiger partial charge in [0.15, 0.2) is 0 Å². The summed E-state index contributed by atoms with van der Waals surface area (Å²) in [6.45, 7) is 2.78. The highest BCUT2D eigenvalue weighted by Gasteiger charge is 2.27. The van der Waals surface area contributed by atoms with E-state index in [-0.39, 0.29) is 4.90 Å². The van der Waals surface area contributed by atoms with Crippen LogP contribution in [0.3, 0.4) is 0 Å². The number of halogens is 2. The average Bonchev–Trinajstić information content (AvgIpc) is 2.65. The second-order valence-electron chi connectivity index (χ2n) is 6.52. The molecule has 1 heterocycles. The molecule has 144 valence electrons. The van der Waals surface area contributed by atoms with E-state index in [1.807, 2.05) is 0 Å². The van der Waals surface area contributed by atoms with Crippen LogP contribution < -0.4 is 5.32 Å². The van der Waals surface area contributed by atoms with Gasteiger partial charge < -0.3 is 5.32 Å². The molecule has 0 saturated carbocycles. The zero-order chi connectivity index (χ0) is 19.6. The minimum absolute atomic E-state index is 0.127. The van der Waals surface area contributed by atoms with Gasteiger partial charge in [-0.3, -0.25) is 4.79 Å². The average molecular weight is 427 g/mol. The molecular weight excluding hydrogens is 407 g/mol. The first-order chi connectivity index (χ1) is 12.8. The summed E-state index contributed by atoms with van der Waals surface area (Å²) in [7, 11) is -3.61. The minimum atomic E-state index is -3.61. The molecule has 0 atom stereocenters. The Bertz CT molecular complexity index is 971. The van der Waals surface area contributed by atoms with Crippen LogP contribution in [0.1, 0.15) is 35.2 Å². The fourth-order valence-corrected chi connectivity index (χ4v) is 5.04. The van der Waals surface area contributed by atoms with E-state index in [2.05, 4.69) is 5.32 Å². The highest BCUT2D eigenvalue weighted by atomic mass is 35.5. The Kier molecular flexibility index (Phi) is 6.11. The van der Waals surface area contributed by atoms with Crippen molar-refractivity contribution >= 4 is 44.8 Å². The maximum Gasteiger partial charge on any atom is 0.256 e. The molecule has 0 aliphatic carbocycles. The van der Waals surface area contributed by atoms with Crippen molar-refractivity contribution in [1.29, 1.82) is 0 Å². The third-order valence-corrected chi connectivity index (χ3v) is 7.03. The number of hydrogen-bond donors (Lipinski definition) is 1. The molecule has 0 unspecified atom stereocenters. The Morgan fingerprint density at radius 3 is 2.41 bits per heavy atom.